The Balaban J connectivity index is 1.38. The third-order valence-electron chi connectivity index (χ3n) is 5.91. The smallest absolute Gasteiger partial charge is 0.170 e. The van der Waals surface area contributed by atoms with Crippen LogP contribution < -0.4 is 15.5 Å². The van der Waals surface area contributed by atoms with Gasteiger partial charge in [-0.25, -0.2) is 4.98 Å². The highest BCUT2D eigenvalue weighted by Crippen LogP contribution is 2.35. The minimum Gasteiger partial charge on any atom is -0.381 e. The molecule has 154 valence electrons. The summed E-state index contributed by atoms with van der Waals surface area (Å²) in [5.74, 6) is 1.04. The standard InChI is InChI=1S/C22H27ClN4OS/c23-18-5-3-4-17(14-18)22(8-12-28-13-9-22)16-25-21(29)26-19-6-7-20(24-15-19)27-10-1-2-11-27/h3-7,14-15H,1-2,8-13,16H2,(H2,25,26,29). The number of hydrogen-bond acceptors (Lipinski definition) is 4. The van der Waals surface area contributed by atoms with Gasteiger partial charge in [0.1, 0.15) is 5.82 Å². The number of pyridine rings is 1. The van der Waals surface area contributed by atoms with Crippen molar-refractivity contribution < 1.29 is 4.74 Å². The molecule has 2 aliphatic heterocycles. The van der Waals surface area contributed by atoms with Gasteiger partial charge in [-0.2, -0.15) is 0 Å². The van der Waals surface area contributed by atoms with Gasteiger partial charge < -0.3 is 20.3 Å². The largest absolute Gasteiger partial charge is 0.381 e. The SMILES string of the molecule is S=C(NCC1(c2cccc(Cl)c2)CCOCC1)Nc1ccc(N2CCCC2)nc1. The Kier molecular flexibility index (Phi) is 6.53. The van der Waals surface area contributed by atoms with Crippen molar-refractivity contribution in [2.75, 3.05) is 43.1 Å². The molecule has 3 heterocycles. The van der Waals surface area contributed by atoms with E-state index in [9.17, 15) is 0 Å². The Labute approximate surface area is 182 Å². The number of benzene rings is 1. The lowest BCUT2D eigenvalue weighted by Gasteiger charge is -2.38. The van der Waals surface area contributed by atoms with E-state index in [1.165, 1.54) is 18.4 Å². The van der Waals surface area contributed by atoms with Crippen LogP contribution in [0.5, 0.6) is 0 Å². The van der Waals surface area contributed by atoms with Gasteiger partial charge in [0.05, 0.1) is 11.9 Å². The average molecular weight is 431 g/mol. The van der Waals surface area contributed by atoms with Crippen molar-refractivity contribution in [3.63, 3.8) is 0 Å². The first-order valence-electron chi connectivity index (χ1n) is 10.2. The van der Waals surface area contributed by atoms with Gasteiger partial charge in [-0.15, -0.1) is 0 Å². The molecule has 2 fully saturated rings. The second-order valence-corrected chi connectivity index (χ2v) is 8.65. The van der Waals surface area contributed by atoms with Gasteiger partial charge in [0.25, 0.3) is 0 Å². The van der Waals surface area contributed by atoms with Crippen LogP contribution in [-0.2, 0) is 10.2 Å². The number of rotatable bonds is 5. The zero-order valence-corrected chi connectivity index (χ0v) is 18.1. The van der Waals surface area contributed by atoms with Gasteiger partial charge in [-0.3, -0.25) is 0 Å². The molecular weight excluding hydrogens is 404 g/mol. The van der Waals surface area contributed by atoms with Crippen LogP contribution in [0.2, 0.25) is 5.02 Å². The first-order chi connectivity index (χ1) is 14.1. The van der Waals surface area contributed by atoms with Crippen molar-refractivity contribution in [2.24, 2.45) is 0 Å². The maximum atomic E-state index is 6.26. The molecule has 0 aliphatic carbocycles. The fourth-order valence-electron chi connectivity index (χ4n) is 4.17. The molecule has 0 amide bonds. The Morgan fingerprint density at radius 2 is 1.97 bits per heavy atom. The van der Waals surface area contributed by atoms with Gasteiger partial charge in [-0.1, -0.05) is 23.7 Å². The molecule has 0 bridgehead atoms. The summed E-state index contributed by atoms with van der Waals surface area (Å²) >= 11 is 11.8. The summed E-state index contributed by atoms with van der Waals surface area (Å²) in [6.07, 6.45) is 6.22. The molecule has 0 saturated carbocycles. The van der Waals surface area contributed by atoms with Crippen LogP contribution in [0.15, 0.2) is 42.6 Å². The molecule has 0 radical (unpaired) electrons. The minimum absolute atomic E-state index is 0.0350. The summed E-state index contributed by atoms with van der Waals surface area (Å²) < 4.78 is 5.61. The molecule has 1 aromatic heterocycles. The predicted octanol–water partition coefficient (Wildman–Crippen LogP) is 4.37. The van der Waals surface area contributed by atoms with Crippen molar-refractivity contribution in [2.45, 2.75) is 31.1 Å². The molecule has 2 aliphatic rings. The van der Waals surface area contributed by atoms with E-state index in [2.05, 4.69) is 38.7 Å². The third-order valence-corrected chi connectivity index (χ3v) is 6.39. The highest BCUT2D eigenvalue weighted by Gasteiger charge is 2.34. The molecule has 0 unspecified atom stereocenters. The number of nitrogens with one attached hydrogen (secondary N) is 2. The van der Waals surface area contributed by atoms with E-state index in [0.29, 0.717) is 5.11 Å². The summed E-state index contributed by atoms with van der Waals surface area (Å²) in [7, 11) is 0. The first kappa shape index (κ1) is 20.4. The molecular formula is C22H27ClN4OS. The average Bonchev–Trinajstić information content (AvgIpc) is 3.28. The fraction of sp³-hybridized carbons (Fsp3) is 0.455. The lowest BCUT2D eigenvalue weighted by molar-refractivity contribution is 0.0515. The van der Waals surface area contributed by atoms with Crippen LogP contribution in [0.25, 0.3) is 0 Å². The number of nitrogens with zero attached hydrogens (tertiary/aromatic N) is 2. The summed E-state index contributed by atoms with van der Waals surface area (Å²) in [6.45, 7) is 4.42. The molecule has 2 N–H and O–H groups in total. The van der Waals surface area contributed by atoms with Gasteiger partial charge >= 0.3 is 0 Å². The number of anilines is 2. The first-order valence-corrected chi connectivity index (χ1v) is 11.0. The number of hydrogen-bond donors (Lipinski definition) is 2. The van der Waals surface area contributed by atoms with Gasteiger partial charge in [0.2, 0.25) is 0 Å². The maximum Gasteiger partial charge on any atom is 0.170 e. The topological polar surface area (TPSA) is 49.4 Å². The van der Waals surface area contributed by atoms with Crippen molar-refractivity contribution >= 4 is 40.4 Å². The number of ether oxygens (including phenoxy) is 1. The van der Waals surface area contributed by atoms with Gasteiger partial charge in [-0.05, 0) is 67.7 Å². The summed E-state index contributed by atoms with van der Waals surface area (Å²) in [5, 5.41) is 8.04. The molecule has 0 spiro atoms. The van der Waals surface area contributed by atoms with E-state index in [0.717, 1.165) is 62.2 Å². The molecule has 4 rings (SSSR count). The van der Waals surface area contributed by atoms with Crippen molar-refractivity contribution in [3.8, 4) is 0 Å². The van der Waals surface area contributed by atoms with E-state index in [1.54, 1.807) is 0 Å². The zero-order valence-electron chi connectivity index (χ0n) is 16.5. The van der Waals surface area contributed by atoms with Gasteiger partial charge in [0, 0.05) is 43.3 Å². The zero-order chi connectivity index (χ0) is 20.1. The van der Waals surface area contributed by atoms with Crippen LogP contribution in [-0.4, -0.2) is 42.9 Å². The van der Waals surface area contributed by atoms with Crippen LogP contribution in [0.1, 0.15) is 31.2 Å². The maximum absolute atomic E-state index is 6.26. The number of halogens is 1. The summed E-state index contributed by atoms with van der Waals surface area (Å²) in [5.41, 5.74) is 2.10. The monoisotopic (exact) mass is 430 g/mol. The molecule has 1 aromatic carbocycles. The summed E-state index contributed by atoms with van der Waals surface area (Å²) in [6, 6.07) is 12.2. The van der Waals surface area contributed by atoms with Crippen molar-refractivity contribution in [3.05, 3.63) is 53.2 Å². The van der Waals surface area contributed by atoms with Crippen molar-refractivity contribution in [1.82, 2.24) is 10.3 Å². The van der Waals surface area contributed by atoms with Crippen molar-refractivity contribution in [1.29, 1.82) is 0 Å². The Bertz CT molecular complexity index is 833. The lowest BCUT2D eigenvalue weighted by Crippen LogP contribution is -2.45. The highest BCUT2D eigenvalue weighted by molar-refractivity contribution is 7.80. The molecule has 5 nitrogen and oxygen atoms in total. The number of thiocarbonyl (C=S) groups is 1. The molecule has 29 heavy (non-hydrogen) atoms. The normalized spacial score (nSPS) is 18.4. The molecule has 0 atom stereocenters. The third kappa shape index (κ3) is 5.00. The molecule has 2 aromatic rings. The van der Waals surface area contributed by atoms with E-state index >= 15 is 0 Å². The van der Waals surface area contributed by atoms with Crippen LogP contribution >= 0.6 is 23.8 Å². The van der Waals surface area contributed by atoms with Crippen LogP contribution in [0.4, 0.5) is 11.5 Å². The second-order valence-electron chi connectivity index (χ2n) is 7.81. The van der Waals surface area contributed by atoms with E-state index in [4.69, 9.17) is 28.6 Å². The highest BCUT2D eigenvalue weighted by atomic mass is 35.5. The molecule has 7 heteroatoms. The predicted molar refractivity (Wildman–Crippen MR) is 123 cm³/mol. The Morgan fingerprint density at radius 3 is 2.66 bits per heavy atom. The van der Waals surface area contributed by atoms with E-state index in [-0.39, 0.29) is 5.41 Å². The fourth-order valence-corrected chi connectivity index (χ4v) is 4.55. The second kappa shape index (κ2) is 9.28. The van der Waals surface area contributed by atoms with E-state index < -0.39 is 0 Å². The van der Waals surface area contributed by atoms with Gasteiger partial charge in [0.15, 0.2) is 5.11 Å². The Morgan fingerprint density at radius 1 is 1.17 bits per heavy atom. The van der Waals surface area contributed by atoms with E-state index in [1.807, 2.05) is 24.4 Å². The minimum atomic E-state index is -0.0350. The lowest BCUT2D eigenvalue weighted by atomic mass is 9.74. The molecule has 2 saturated heterocycles. The van der Waals surface area contributed by atoms with Crippen LogP contribution in [0.3, 0.4) is 0 Å². The summed E-state index contributed by atoms with van der Waals surface area (Å²) in [4.78, 5) is 6.90. The quantitative estimate of drug-likeness (QED) is 0.687. The number of aromatic nitrogens is 1. The Hall–Kier alpha value is -1.89. The van der Waals surface area contributed by atoms with Crippen LogP contribution in [0, 0.1) is 0 Å².